The topological polar surface area (TPSA) is 62.8 Å². The van der Waals surface area contributed by atoms with Gasteiger partial charge in [0.25, 0.3) is 5.56 Å². The van der Waals surface area contributed by atoms with Crippen LogP contribution in [0.1, 0.15) is 54.0 Å². The van der Waals surface area contributed by atoms with E-state index in [0.717, 1.165) is 31.0 Å². The molecule has 2 aromatic rings. The fourth-order valence-corrected chi connectivity index (χ4v) is 3.93. The summed E-state index contributed by atoms with van der Waals surface area (Å²) in [5.74, 6) is -0.622. The summed E-state index contributed by atoms with van der Waals surface area (Å²) in [7, 11) is -9.74. The zero-order valence-corrected chi connectivity index (χ0v) is 16.0. The van der Waals surface area contributed by atoms with Crippen molar-refractivity contribution < 1.29 is 24.2 Å². The van der Waals surface area contributed by atoms with Crippen LogP contribution < -0.4 is 5.56 Å². The zero-order chi connectivity index (χ0) is 21.0. The van der Waals surface area contributed by atoms with Crippen molar-refractivity contribution in [3.63, 3.8) is 0 Å². The van der Waals surface area contributed by atoms with Gasteiger partial charge in [-0.05, 0) is 48.8 Å². The van der Waals surface area contributed by atoms with E-state index in [1.807, 2.05) is 6.92 Å². The van der Waals surface area contributed by atoms with Gasteiger partial charge in [0.2, 0.25) is 0 Å². The van der Waals surface area contributed by atoms with Crippen LogP contribution in [0.15, 0.2) is 40.0 Å². The Kier molecular flexibility index (Phi) is 4.14. The average molecular weight is 422 g/mol. The van der Waals surface area contributed by atoms with Gasteiger partial charge in [-0.25, -0.2) is 4.98 Å². The number of H-pyrrole nitrogens is 1. The van der Waals surface area contributed by atoms with Crippen LogP contribution in [0.25, 0.3) is 0 Å². The van der Waals surface area contributed by atoms with E-state index in [-0.39, 0.29) is 23.4 Å². The highest BCUT2D eigenvalue weighted by molar-refractivity contribution is 8.45. The predicted octanol–water partition coefficient (Wildman–Crippen LogP) is 5.89. The van der Waals surface area contributed by atoms with Gasteiger partial charge in [0, 0.05) is 12.5 Å². The number of rotatable bonds is 6. The first-order valence-electron chi connectivity index (χ1n) is 8.53. The zero-order valence-electron chi connectivity index (χ0n) is 15.1. The van der Waals surface area contributed by atoms with Crippen molar-refractivity contribution in [2.45, 2.75) is 43.9 Å². The maximum Gasteiger partial charge on any atom is 0.310 e. The highest BCUT2D eigenvalue weighted by atomic mass is 32.5. The van der Waals surface area contributed by atoms with Gasteiger partial charge in [-0.1, -0.05) is 38.5 Å². The van der Waals surface area contributed by atoms with Gasteiger partial charge in [0.1, 0.15) is 16.4 Å². The smallest absolute Gasteiger partial charge is 0.310 e. The average Bonchev–Trinajstić information content (AvgIpc) is 3.28. The lowest BCUT2D eigenvalue weighted by molar-refractivity contribution is 0.0956. The third kappa shape index (κ3) is 4.43. The molecule has 1 aromatic carbocycles. The Balaban J connectivity index is 1.92. The van der Waals surface area contributed by atoms with E-state index in [1.54, 1.807) is 0 Å². The Morgan fingerprint density at radius 3 is 2.21 bits per heavy atom. The number of hydrogen-bond donors (Lipinski definition) is 1. The van der Waals surface area contributed by atoms with E-state index in [1.165, 1.54) is 6.92 Å². The summed E-state index contributed by atoms with van der Waals surface area (Å²) < 4.78 is 64.7. The summed E-state index contributed by atoms with van der Waals surface area (Å²) in [5.41, 5.74) is -0.452. The lowest BCUT2D eigenvalue weighted by Gasteiger charge is -2.40. The summed E-state index contributed by atoms with van der Waals surface area (Å²) in [6.45, 7) is 3.41. The molecule has 1 aliphatic rings. The molecule has 3 rings (SSSR count). The molecule has 0 saturated heterocycles. The molecule has 10 heteroatoms. The molecule has 0 aliphatic heterocycles. The molecule has 0 bridgehead atoms. The number of hydrogen-bond acceptors (Lipinski definition) is 3. The van der Waals surface area contributed by atoms with Crippen LogP contribution >= 0.6 is 10.2 Å². The second-order valence-corrected chi connectivity index (χ2v) is 10.00. The first-order chi connectivity index (χ1) is 12.6. The van der Waals surface area contributed by atoms with Gasteiger partial charge < -0.3 is 4.98 Å². The normalized spacial score (nSPS) is 19.4. The molecule has 1 aliphatic carbocycles. The quantitative estimate of drug-likeness (QED) is 0.466. The number of carbonyl (C=O) groups is 1. The Hall–Kier alpha value is -2.23. The summed E-state index contributed by atoms with van der Waals surface area (Å²) in [5, 5.41) is 0. The SMILES string of the molecule is Cc1nc(C(=O)C[C@@H](c2ccc(S(F)(F)(F)(F)F)cc2)C2(C)CC2)cc(=O)[nH]1. The second-order valence-electron chi connectivity index (χ2n) is 7.59. The number of aromatic nitrogens is 2. The van der Waals surface area contributed by atoms with Crippen LogP contribution in [0.5, 0.6) is 0 Å². The van der Waals surface area contributed by atoms with E-state index in [9.17, 15) is 29.0 Å². The predicted molar refractivity (Wildman–Crippen MR) is 96.5 cm³/mol. The third-order valence-electron chi connectivity index (χ3n) is 5.14. The fourth-order valence-electron chi connectivity index (χ4n) is 3.28. The van der Waals surface area contributed by atoms with Crippen molar-refractivity contribution in [3.05, 3.63) is 57.8 Å². The number of aromatic amines is 1. The maximum atomic E-state index is 12.9. The molecule has 1 heterocycles. The van der Waals surface area contributed by atoms with E-state index >= 15 is 0 Å². The van der Waals surface area contributed by atoms with Crippen LogP contribution in [0.3, 0.4) is 0 Å². The first kappa shape index (κ1) is 20.5. The van der Waals surface area contributed by atoms with E-state index in [2.05, 4.69) is 9.97 Å². The Morgan fingerprint density at radius 1 is 1.18 bits per heavy atom. The van der Waals surface area contributed by atoms with Crippen molar-refractivity contribution in [2.24, 2.45) is 5.41 Å². The van der Waals surface area contributed by atoms with Crippen LogP contribution in [-0.4, -0.2) is 15.8 Å². The monoisotopic (exact) mass is 422 g/mol. The molecule has 0 unspecified atom stereocenters. The Morgan fingerprint density at radius 2 is 1.75 bits per heavy atom. The standard InChI is InChI=1S/C18H19F5N2O2S/c1-11-24-15(10-17(27)25-11)16(26)9-14(18(2)7-8-18)12-3-5-13(6-4-12)28(19,20,21,22)23/h3-6,10,14H,7-9H2,1-2H3,(H,24,25,27)/t14-/m0/s1. The fraction of sp³-hybridized carbons (Fsp3) is 0.389. The van der Waals surface area contributed by atoms with Crippen LogP contribution in [0, 0.1) is 12.3 Å². The van der Waals surface area contributed by atoms with Crippen molar-refractivity contribution >= 4 is 16.0 Å². The molecule has 4 nitrogen and oxygen atoms in total. The highest BCUT2D eigenvalue weighted by Crippen LogP contribution is 3.02. The van der Waals surface area contributed by atoms with Crippen LogP contribution in [0.2, 0.25) is 0 Å². The molecule has 1 saturated carbocycles. The van der Waals surface area contributed by atoms with Crippen molar-refractivity contribution in [3.8, 4) is 0 Å². The number of ketones is 1. The lowest BCUT2D eigenvalue weighted by Crippen LogP contribution is -2.19. The minimum Gasteiger partial charge on any atom is -0.311 e. The second kappa shape index (κ2) is 5.65. The van der Waals surface area contributed by atoms with Gasteiger partial charge in [0.05, 0.1) is 0 Å². The van der Waals surface area contributed by atoms with Gasteiger partial charge in [-0.3, -0.25) is 9.59 Å². The minimum atomic E-state index is -9.74. The summed E-state index contributed by atoms with van der Waals surface area (Å²) >= 11 is 0. The molecule has 1 atom stereocenters. The van der Waals surface area contributed by atoms with Crippen molar-refractivity contribution in [1.29, 1.82) is 0 Å². The van der Waals surface area contributed by atoms with Crippen LogP contribution in [-0.2, 0) is 0 Å². The van der Waals surface area contributed by atoms with E-state index in [0.29, 0.717) is 17.7 Å². The molecule has 28 heavy (non-hydrogen) atoms. The largest absolute Gasteiger partial charge is 0.311 e. The van der Waals surface area contributed by atoms with Crippen molar-refractivity contribution in [2.75, 3.05) is 0 Å². The molecular weight excluding hydrogens is 403 g/mol. The maximum absolute atomic E-state index is 12.9. The molecule has 0 spiro atoms. The number of nitrogens with one attached hydrogen (secondary N) is 1. The minimum absolute atomic E-state index is 0.0286. The van der Waals surface area contributed by atoms with Crippen molar-refractivity contribution in [1.82, 2.24) is 9.97 Å². The molecule has 0 amide bonds. The van der Waals surface area contributed by atoms with Gasteiger partial charge >= 0.3 is 10.2 Å². The molecule has 154 valence electrons. The van der Waals surface area contributed by atoms with Crippen LogP contribution in [0.4, 0.5) is 19.4 Å². The molecule has 1 aromatic heterocycles. The lowest BCUT2D eigenvalue weighted by atomic mass is 9.80. The Bertz CT molecular complexity index is 996. The molecular formula is C18H19F5N2O2S. The van der Waals surface area contributed by atoms with Gasteiger partial charge in [-0.15, -0.1) is 0 Å². The molecule has 1 N–H and O–H groups in total. The number of aryl methyl sites for hydroxylation is 1. The highest BCUT2D eigenvalue weighted by Gasteiger charge is 2.65. The number of carbonyl (C=O) groups excluding carboxylic acids is 1. The van der Waals surface area contributed by atoms with Gasteiger partial charge in [0.15, 0.2) is 5.78 Å². The van der Waals surface area contributed by atoms with E-state index in [4.69, 9.17) is 0 Å². The Labute approximate surface area is 157 Å². The number of Topliss-reactive ketones (excluding diaryl/α,β-unsaturated/α-hetero) is 1. The molecule has 1 fully saturated rings. The van der Waals surface area contributed by atoms with E-state index < -0.39 is 32.4 Å². The number of nitrogens with zero attached hydrogens (tertiary/aromatic N) is 1. The van der Waals surface area contributed by atoms with Gasteiger partial charge in [-0.2, -0.15) is 0 Å². The molecule has 0 radical (unpaired) electrons. The first-order valence-corrected chi connectivity index (χ1v) is 10.5. The number of benzene rings is 1. The summed E-state index contributed by atoms with van der Waals surface area (Å²) in [4.78, 5) is 28.6. The third-order valence-corrected chi connectivity index (χ3v) is 6.31. The summed E-state index contributed by atoms with van der Waals surface area (Å²) in [6, 6.07) is 3.82. The summed E-state index contributed by atoms with van der Waals surface area (Å²) in [6.07, 6.45) is 1.44. The number of halogens is 5.